The molecule has 5 rings (SSSR count). The molecule has 4 aromatic rings. The van der Waals surface area contributed by atoms with Crippen LogP contribution in [0.1, 0.15) is 21.6 Å². The molecule has 0 atom stereocenters. The van der Waals surface area contributed by atoms with E-state index in [1.54, 1.807) is 17.1 Å². The highest BCUT2D eigenvalue weighted by atomic mass is 16.5. The molecule has 0 spiro atoms. The molecular formula is C23H23N9O2. The predicted molar refractivity (Wildman–Crippen MR) is 127 cm³/mol. The third-order valence-electron chi connectivity index (χ3n) is 5.34. The molecule has 34 heavy (non-hydrogen) atoms. The quantitative estimate of drug-likeness (QED) is 0.252. The summed E-state index contributed by atoms with van der Waals surface area (Å²) in [7, 11) is 0. The Morgan fingerprint density at radius 2 is 2.09 bits per heavy atom. The number of hydrazone groups is 1. The molecule has 0 aliphatic carbocycles. The van der Waals surface area contributed by atoms with E-state index in [9.17, 15) is 4.79 Å². The molecule has 3 aromatic heterocycles. The minimum atomic E-state index is -0.189. The van der Waals surface area contributed by atoms with Crippen LogP contribution in [0.15, 0.2) is 54.3 Å². The third-order valence-corrected chi connectivity index (χ3v) is 5.34. The number of ether oxygens (including phenoxy) is 1. The molecule has 0 saturated carbocycles. The maximum atomic E-state index is 12.7. The van der Waals surface area contributed by atoms with Gasteiger partial charge in [-0.3, -0.25) is 15.2 Å². The van der Waals surface area contributed by atoms with Gasteiger partial charge in [-0.15, -0.1) is 0 Å². The molecule has 11 heteroatoms. The van der Waals surface area contributed by atoms with Gasteiger partial charge in [0.25, 0.3) is 0 Å². The molecule has 1 aliphatic heterocycles. The lowest BCUT2D eigenvalue weighted by Gasteiger charge is -2.27. The molecule has 1 fully saturated rings. The number of aryl methyl sites for hydroxylation is 1. The van der Waals surface area contributed by atoms with E-state index in [0.717, 1.165) is 11.1 Å². The lowest BCUT2D eigenvalue weighted by atomic mass is 10.2. The number of carbonyl (C=O) groups excluding carboxylic acids is 1. The van der Waals surface area contributed by atoms with Crippen molar-refractivity contribution in [2.24, 2.45) is 5.10 Å². The number of carbonyl (C=O) groups is 1. The minimum Gasteiger partial charge on any atom is -0.378 e. The molecule has 0 bridgehead atoms. The first kappa shape index (κ1) is 21.6. The summed E-state index contributed by atoms with van der Waals surface area (Å²) in [6.07, 6.45) is 7.77. The number of imidazole rings is 1. The predicted octanol–water partition coefficient (Wildman–Crippen LogP) is 2.09. The molecular weight excluding hydrogens is 434 g/mol. The second-order valence-electron chi connectivity index (χ2n) is 7.81. The van der Waals surface area contributed by atoms with Crippen molar-refractivity contribution in [3.63, 3.8) is 0 Å². The van der Waals surface area contributed by atoms with Gasteiger partial charge in [-0.05, 0) is 12.5 Å². The molecule has 0 unspecified atom stereocenters. The number of fused-ring (bicyclic) bond motifs is 1. The monoisotopic (exact) mass is 457 g/mol. The Hall–Kier alpha value is -4.25. The van der Waals surface area contributed by atoms with E-state index >= 15 is 0 Å². The van der Waals surface area contributed by atoms with Crippen molar-refractivity contribution in [1.82, 2.24) is 29.5 Å². The Bertz CT molecular complexity index is 1330. The minimum absolute atomic E-state index is 0.0285. The molecule has 1 N–H and O–H groups in total. The van der Waals surface area contributed by atoms with Crippen LogP contribution in [0, 0.1) is 6.92 Å². The Balaban J connectivity index is 1.48. The number of hydrogen-bond acceptors (Lipinski definition) is 10. The Morgan fingerprint density at radius 1 is 1.21 bits per heavy atom. The highest BCUT2D eigenvalue weighted by Crippen LogP contribution is 2.23. The first-order valence-electron chi connectivity index (χ1n) is 10.9. The van der Waals surface area contributed by atoms with E-state index < -0.39 is 0 Å². The van der Waals surface area contributed by atoms with Gasteiger partial charge in [-0.2, -0.15) is 15.1 Å². The third kappa shape index (κ3) is 4.74. The number of benzene rings is 1. The smallest absolute Gasteiger partial charge is 0.229 e. The van der Waals surface area contributed by atoms with Gasteiger partial charge in [0.05, 0.1) is 38.5 Å². The van der Waals surface area contributed by atoms with Gasteiger partial charge < -0.3 is 14.2 Å². The van der Waals surface area contributed by atoms with Crippen LogP contribution in [0.25, 0.3) is 11.2 Å². The zero-order valence-electron chi connectivity index (χ0n) is 18.6. The number of rotatable bonds is 7. The summed E-state index contributed by atoms with van der Waals surface area (Å²) in [5, 5.41) is 4.36. The number of Topliss-reactive ketones (excluding diaryl/α,β-unsaturated/α-hetero) is 1. The van der Waals surface area contributed by atoms with Crippen molar-refractivity contribution < 1.29 is 9.53 Å². The van der Waals surface area contributed by atoms with Crippen molar-refractivity contribution in [3.8, 4) is 0 Å². The van der Waals surface area contributed by atoms with Gasteiger partial charge in [0.2, 0.25) is 11.7 Å². The number of morpholine rings is 1. The summed E-state index contributed by atoms with van der Waals surface area (Å²) in [5.74, 6) is 0.796. The molecule has 0 radical (unpaired) electrons. The summed E-state index contributed by atoms with van der Waals surface area (Å²) in [6, 6.07) is 8.01. The van der Waals surface area contributed by atoms with E-state index in [-0.39, 0.29) is 18.0 Å². The van der Waals surface area contributed by atoms with Crippen molar-refractivity contribution >= 4 is 34.9 Å². The van der Waals surface area contributed by atoms with Crippen molar-refractivity contribution in [1.29, 1.82) is 0 Å². The molecule has 11 nitrogen and oxygen atoms in total. The fraction of sp³-hybridized carbons (Fsp3) is 0.261. The van der Waals surface area contributed by atoms with Gasteiger partial charge in [-0.1, -0.05) is 29.8 Å². The van der Waals surface area contributed by atoms with Crippen molar-refractivity contribution in [2.75, 3.05) is 36.6 Å². The first-order chi connectivity index (χ1) is 16.7. The molecule has 1 aliphatic rings. The maximum absolute atomic E-state index is 12.7. The number of hydrogen-bond donors (Lipinski definition) is 1. The first-order valence-corrected chi connectivity index (χ1v) is 10.9. The number of ketones is 1. The highest BCUT2D eigenvalue weighted by molar-refractivity contribution is 5.95. The second kappa shape index (κ2) is 9.71. The fourth-order valence-corrected chi connectivity index (χ4v) is 3.63. The zero-order valence-corrected chi connectivity index (χ0v) is 18.6. The van der Waals surface area contributed by atoms with E-state index in [2.05, 4.69) is 30.5 Å². The fourth-order valence-electron chi connectivity index (χ4n) is 3.63. The van der Waals surface area contributed by atoms with Crippen LogP contribution in [0.4, 0.5) is 11.8 Å². The van der Waals surface area contributed by atoms with Gasteiger partial charge in [-0.25, -0.2) is 9.97 Å². The highest BCUT2D eigenvalue weighted by Gasteiger charge is 2.20. The summed E-state index contributed by atoms with van der Waals surface area (Å²) in [5.41, 5.74) is 6.46. The summed E-state index contributed by atoms with van der Waals surface area (Å²) in [4.78, 5) is 36.7. The van der Waals surface area contributed by atoms with Gasteiger partial charge >= 0.3 is 0 Å². The largest absolute Gasteiger partial charge is 0.378 e. The van der Waals surface area contributed by atoms with Crippen molar-refractivity contribution in [3.05, 3.63) is 66.0 Å². The summed E-state index contributed by atoms with van der Waals surface area (Å²) in [6.45, 7) is 4.59. The lowest BCUT2D eigenvalue weighted by molar-refractivity contribution is 0.0968. The van der Waals surface area contributed by atoms with Crippen LogP contribution in [0.3, 0.4) is 0 Å². The van der Waals surface area contributed by atoms with Gasteiger partial charge in [0, 0.05) is 25.5 Å². The standard InChI is InChI=1S/C23H23N9O2/c1-16-3-2-4-17(11-16)12-27-30-21-20-22(29-23(28-21)31-7-9-34-10-8-31)32(15-26-20)14-19(33)18-13-24-5-6-25-18/h2-6,11-13,15H,7-10,14H2,1H3,(H,28,29,30)/b27-12+. The van der Waals surface area contributed by atoms with Crippen LogP contribution in [-0.2, 0) is 11.3 Å². The summed E-state index contributed by atoms with van der Waals surface area (Å²) >= 11 is 0. The Morgan fingerprint density at radius 3 is 2.88 bits per heavy atom. The average molecular weight is 457 g/mol. The molecule has 0 amide bonds. The second-order valence-corrected chi connectivity index (χ2v) is 7.81. The van der Waals surface area contributed by atoms with E-state index in [4.69, 9.17) is 9.72 Å². The van der Waals surface area contributed by atoms with Gasteiger partial charge in [0.1, 0.15) is 5.69 Å². The molecule has 1 aromatic carbocycles. The maximum Gasteiger partial charge on any atom is 0.229 e. The van der Waals surface area contributed by atoms with E-state index in [1.807, 2.05) is 36.1 Å². The lowest BCUT2D eigenvalue weighted by Crippen LogP contribution is -2.37. The molecule has 4 heterocycles. The average Bonchev–Trinajstić information content (AvgIpc) is 3.28. The molecule has 1 saturated heterocycles. The zero-order chi connectivity index (χ0) is 23.3. The molecule has 172 valence electrons. The SMILES string of the molecule is Cc1cccc(/C=N/Nc2nc(N3CCOCC3)nc3c2ncn3CC(=O)c2cnccn2)c1. The summed E-state index contributed by atoms with van der Waals surface area (Å²) < 4.78 is 7.15. The number of aromatic nitrogens is 6. The number of nitrogens with zero attached hydrogens (tertiary/aromatic N) is 8. The van der Waals surface area contributed by atoms with Crippen molar-refractivity contribution in [2.45, 2.75) is 13.5 Å². The van der Waals surface area contributed by atoms with Gasteiger partial charge in [0.15, 0.2) is 17.0 Å². The number of nitrogens with one attached hydrogen (secondary N) is 1. The van der Waals surface area contributed by atoms with Crippen LogP contribution < -0.4 is 10.3 Å². The van der Waals surface area contributed by atoms with Crippen LogP contribution in [0.5, 0.6) is 0 Å². The van der Waals surface area contributed by atoms with Crippen LogP contribution in [0.2, 0.25) is 0 Å². The Kier molecular flexibility index (Phi) is 6.17. The topological polar surface area (TPSA) is 123 Å². The van der Waals surface area contributed by atoms with E-state index in [1.165, 1.54) is 18.6 Å². The van der Waals surface area contributed by atoms with Crippen LogP contribution >= 0.6 is 0 Å². The van der Waals surface area contributed by atoms with Crippen LogP contribution in [-0.4, -0.2) is 67.8 Å². The number of anilines is 2. The van der Waals surface area contributed by atoms with E-state index in [0.29, 0.717) is 49.2 Å². The Labute approximate surface area is 195 Å². The normalized spacial score (nSPS) is 14.1.